The van der Waals surface area contributed by atoms with E-state index in [2.05, 4.69) is 5.32 Å². The molecule has 1 saturated carbocycles. The van der Waals surface area contributed by atoms with Gasteiger partial charge in [-0.3, -0.25) is 10.1 Å². The fourth-order valence-electron chi connectivity index (χ4n) is 3.27. The van der Waals surface area contributed by atoms with E-state index in [4.69, 9.17) is 32.7 Å². The molecule has 0 aromatic heterocycles. The first-order valence-corrected chi connectivity index (χ1v) is 8.26. The topological polar surface area (TPSA) is 73.6 Å². The molecule has 1 saturated heterocycles. The molecule has 2 fully saturated rings. The summed E-state index contributed by atoms with van der Waals surface area (Å²) < 4.78 is 11.7. The van der Waals surface area contributed by atoms with Gasteiger partial charge in [0.25, 0.3) is 5.69 Å². The summed E-state index contributed by atoms with van der Waals surface area (Å²) in [5.41, 5.74) is 0.302. The summed E-state index contributed by atoms with van der Waals surface area (Å²) in [6.45, 7) is 3.80. The fraction of sp³-hybridized carbons (Fsp3) is 0.600. The molecule has 0 spiro atoms. The molecule has 23 heavy (non-hydrogen) atoms. The van der Waals surface area contributed by atoms with Gasteiger partial charge in [-0.1, -0.05) is 23.2 Å². The van der Waals surface area contributed by atoms with Gasteiger partial charge in [-0.25, -0.2) is 0 Å². The molecule has 1 aromatic carbocycles. The minimum atomic E-state index is -0.570. The number of nitro benzene ring substituents is 1. The van der Waals surface area contributed by atoms with Crippen molar-refractivity contribution in [2.75, 3.05) is 5.32 Å². The van der Waals surface area contributed by atoms with Gasteiger partial charge >= 0.3 is 0 Å². The lowest BCUT2D eigenvalue weighted by Gasteiger charge is -2.30. The Morgan fingerprint density at radius 1 is 1.22 bits per heavy atom. The van der Waals surface area contributed by atoms with Crippen molar-refractivity contribution in [1.82, 2.24) is 0 Å². The van der Waals surface area contributed by atoms with Gasteiger partial charge in [0, 0.05) is 12.1 Å². The Morgan fingerprint density at radius 3 is 2.57 bits per heavy atom. The minimum absolute atomic E-state index is 0.00178. The van der Waals surface area contributed by atoms with Gasteiger partial charge in [0.15, 0.2) is 5.79 Å². The summed E-state index contributed by atoms with van der Waals surface area (Å²) in [5.74, 6) is -0.570. The maximum atomic E-state index is 11.2. The number of hydrogen-bond donors (Lipinski definition) is 1. The van der Waals surface area contributed by atoms with E-state index in [9.17, 15) is 10.1 Å². The molecule has 2 aliphatic rings. The Balaban J connectivity index is 1.76. The molecule has 3 rings (SSSR count). The molecular formula is C15H18Cl2N2O4. The van der Waals surface area contributed by atoms with E-state index >= 15 is 0 Å². The molecule has 0 bridgehead atoms. The van der Waals surface area contributed by atoms with Crippen molar-refractivity contribution in [3.05, 3.63) is 32.3 Å². The number of nitrogens with zero attached hydrogens (tertiary/aromatic N) is 1. The molecular weight excluding hydrogens is 343 g/mol. The standard InChI is InChI=1S/C15H18Cl2N2O4/c1-15(2)22-13-4-3-8(5-14(13)23-15)18-11-6-9(16)10(17)7-12(11)19(20)21/h6-8,13-14,18H,3-5H2,1-2H3. The van der Waals surface area contributed by atoms with Crippen molar-refractivity contribution < 1.29 is 14.4 Å². The Morgan fingerprint density at radius 2 is 1.87 bits per heavy atom. The van der Waals surface area contributed by atoms with E-state index in [0.717, 1.165) is 19.3 Å². The molecule has 3 atom stereocenters. The number of ether oxygens (including phenoxy) is 2. The normalized spacial score (nSPS) is 29.1. The smallest absolute Gasteiger partial charge is 0.293 e. The molecule has 0 radical (unpaired) electrons. The van der Waals surface area contributed by atoms with Gasteiger partial charge in [0.1, 0.15) is 5.69 Å². The van der Waals surface area contributed by atoms with Crippen molar-refractivity contribution in [3.63, 3.8) is 0 Å². The van der Waals surface area contributed by atoms with Crippen LogP contribution in [0.3, 0.4) is 0 Å². The highest BCUT2D eigenvalue weighted by Crippen LogP contribution is 2.39. The molecule has 1 heterocycles. The molecule has 8 heteroatoms. The fourth-order valence-corrected chi connectivity index (χ4v) is 3.59. The molecule has 1 aromatic rings. The van der Waals surface area contributed by atoms with Gasteiger partial charge in [0.2, 0.25) is 0 Å². The van der Waals surface area contributed by atoms with E-state index in [-0.39, 0.29) is 34.0 Å². The van der Waals surface area contributed by atoms with Crippen molar-refractivity contribution in [1.29, 1.82) is 0 Å². The molecule has 1 aliphatic heterocycles. The van der Waals surface area contributed by atoms with Crippen LogP contribution in [-0.2, 0) is 9.47 Å². The first-order chi connectivity index (χ1) is 10.7. The quantitative estimate of drug-likeness (QED) is 0.639. The molecule has 1 N–H and O–H groups in total. The number of nitrogens with one attached hydrogen (secondary N) is 1. The summed E-state index contributed by atoms with van der Waals surface area (Å²) in [5, 5.41) is 14.9. The highest BCUT2D eigenvalue weighted by atomic mass is 35.5. The maximum Gasteiger partial charge on any atom is 0.293 e. The predicted octanol–water partition coefficient (Wildman–Crippen LogP) is 4.39. The average molecular weight is 361 g/mol. The Labute approximate surface area is 144 Å². The van der Waals surface area contributed by atoms with Gasteiger partial charge in [-0.05, 0) is 39.2 Å². The SMILES string of the molecule is CC1(C)OC2CCC(Nc3cc(Cl)c(Cl)cc3[N+](=O)[O-])CC2O1. The second-order valence-electron chi connectivity index (χ2n) is 6.41. The van der Waals surface area contributed by atoms with Crippen LogP contribution in [0.25, 0.3) is 0 Å². The average Bonchev–Trinajstić information content (AvgIpc) is 2.75. The van der Waals surface area contributed by atoms with Gasteiger partial charge in [0.05, 0.1) is 27.2 Å². The first-order valence-electron chi connectivity index (χ1n) is 7.51. The van der Waals surface area contributed by atoms with Crippen LogP contribution in [-0.4, -0.2) is 29.0 Å². The predicted molar refractivity (Wildman–Crippen MR) is 88.2 cm³/mol. The van der Waals surface area contributed by atoms with Crippen molar-refractivity contribution in [2.45, 2.75) is 57.1 Å². The van der Waals surface area contributed by atoms with E-state index < -0.39 is 10.7 Å². The zero-order valence-corrected chi connectivity index (χ0v) is 14.4. The lowest BCUT2D eigenvalue weighted by Crippen LogP contribution is -2.37. The summed E-state index contributed by atoms with van der Waals surface area (Å²) in [6, 6.07) is 2.84. The van der Waals surface area contributed by atoms with Crippen LogP contribution >= 0.6 is 23.2 Å². The van der Waals surface area contributed by atoms with Crippen LogP contribution in [0.5, 0.6) is 0 Å². The van der Waals surface area contributed by atoms with Crippen LogP contribution in [0.2, 0.25) is 10.0 Å². The Bertz CT molecular complexity index is 638. The van der Waals surface area contributed by atoms with Crippen LogP contribution < -0.4 is 5.32 Å². The number of rotatable bonds is 3. The van der Waals surface area contributed by atoms with Crippen LogP contribution in [0.15, 0.2) is 12.1 Å². The molecule has 126 valence electrons. The van der Waals surface area contributed by atoms with Crippen molar-refractivity contribution in [2.24, 2.45) is 0 Å². The lowest BCUT2D eigenvalue weighted by atomic mass is 9.90. The van der Waals surface area contributed by atoms with E-state index in [1.165, 1.54) is 12.1 Å². The number of anilines is 1. The zero-order chi connectivity index (χ0) is 16.8. The van der Waals surface area contributed by atoms with Crippen molar-refractivity contribution in [3.8, 4) is 0 Å². The third kappa shape index (κ3) is 3.55. The second-order valence-corrected chi connectivity index (χ2v) is 7.22. The Kier molecular flexibility index (Phi) is 4.44. The molecule has 3 unspecified atom stereocenters. The number of nitro groups is 1. The third-order valence-electron chi connectivity index (χ3n) is 4.20. The van der Waals surface area contributed by atoms with Gasteiger partial charge in [-0.2, -0.15) is 0 Å². The monoisotopic (exact) mass is 360 g/mol. The van der Waals surface area contributed by atoms with Crippen molar-refractivity contribution >= 4 is 34.6 Å². The minimum Gasteiger partial charge on any atom is -0.377 e. The number of hydrogen-bond acceptors (Lipinski definition) is 5. The van der Waals surface area contributed by atoms with Gasteiger partial charge < -0.3 is 14.8 Å². The highest BCUT2D eigenvalue weighted by molar-refractivity contribution is 6.42. The van der Waals surface area contributed by atoms with Crippen LogP contribution in [0.1, 0.15) is 33.1 Å². The molecule has 0 amide bonds. The van der Waals surface area contributed by atoms with E-state index in [1.54, 1.807) is 0 Å². The van der Waals surface area contributed by atoms with E-state index in [1.807, 2.05) is 13.8 Å². The molecule has 6 nitrogen and oxygen atoms in total. The Hall–Kier alpha value is -1.08. The summed E-state index contributed by atoms with van der Waals surface area (Å²) in [4.78, 5) is 10.7. The number of halogens is 2. The van der Waals surface area contributed by atoms with E-state index in [0.29, 0.717) is 5.69 Å². The zero-order valence-electron chi connectivity index (χ0n) is 12.8. The molecule has 1 aliphatic carbocycles. The van der Waals surface area contributed by atoms with Gasteiger partial charge in [-0.15, -0.1) is 0 Å². The largest absolute Gasteiger partial charge is 0.377 e. The summed E-state index contributed by atoms with van der Waals surface area (Å²) in [6.07, 6.45) is 2.51. The number of fused-ring (bicyclic) bond motifs is 1. The summed E-state index contributed by atoms with van der Waals surface area (Å²) in [7, 11) is 0. The highest BCUT2D eigenvalue weighted by Gasteiger charge is 2.44. The second kappa shape index (κ2) is 6.09. The maximum absolute atomic E-state index is 11.2. The summed E-state index contributed by atoms with van der Waals surface area (Å²) >= 11 is 11.9. The lowest BCUT2D eigenvalue weighted by molar-refractivity contribution is -0.384. The third-order valence-corrected chi connectivity index (χ3v) is 4.92. The van der Waals surface area contributed by atoms with Crippen LogP contribution in [0.4, 0.5) is 11.4 Å². The first kappa shape index (κ1) is 16.8. The number of benzene rings is 1. The van der Waals surface area contributed by atoms with Crippen LogP contribution in [0, 0.1) is 10.1 Å².